The Morgan fingerprint density at radius 3 is 2.79 bits per heavy atom. The van der Waals surface area contributed by atoms with Gasteiger partial charge in [-0.25, -0.2) is 0 Å². The van der Waals surface area contributed by atoms with Crippen LogP contribution in [-0.4, -0.2) is 9.78 Å². The van der Waals surface area contributed by atoms with Crippen LogP contribution in [0.1, 0.15) is 5.56 Å². The Balaban J connectivity index is 2.18. The summed E-state index contributed by atoms with van der Waals surface area (Å²) >= 11 is 0. The van der Waals surface area contributed by atoms with Crippen molar-refractivity contribution in [3.63, 3.8) is 0 Å². The van der Waals surface area contributed by atoms with E-state index in [9.17, 15) is 0 Å². The number of hydrogen-bond acceptors (Lipinski definition) is 2. The molecule has 72 valence electrons. The van der Waals surface area contributed by atoms with E-state index in [-0.39, 0.29) is 0 Å². The van der Waals surface area contributed by atoms with E-state index in [2.05, 4.69) is 5.10 Å². The van der Waals surface area contributed by atoms with Gasteiger partial charge in [-0.2, -0.15) is 0 Å². The number of aromatic nitrogens is 2. The minimum Gasteiger partial charge on any atom is -0.438 e. The van der Waals surface area contributed by atoms with Gasteiger partial charge in [0, 0.05) is 19.3 Å². The topological polar surface area (TPSA) is 27.1 Å². The highest BCUT2D eigenvalue weighted by atomic mass is 16.5. The number of rotatable bonds is 2. The van der Waals surface area contributed by atoms with E-state index in [1.54, 1.807) is 4.68 Å². The monoisotopic (exact) mass is 188 g/mol. The molecule has 1 heterocycles. The minimum atomic E-state index is 0.623. The van der Waals surface area contributed by atoms with Gasteiger partial charge in [-0.05, 0) is 24.6 Å². The SMILES string of the molecule is Cc1cccc(Oc2ccn(C)n2)c1. The first-order chi connectivity index (χ1) is 6.74. The fourth-order valence-electron chi connectivity index (χ4n) is 1.25. The summed E-state index contributed by atoms with van der Waals surface area (Å²) in [6.07, 6.45) is 1.85. The van der Waals surface area contributed by atoms with Crippen molar-refractivity contribution in [1.29, 1.82) is 0 Å². The molecule has 0 aliphatic heterocycles. The van der Waals surface area contributed by atoms with Gasteiger partial charge in [0.25, 0.3) is 0 Å². The molecule has 0 saturated carbocycles. The highest BCUT2D eigenvalue weighted by Gasteiger charge is 1.99. The maximum Gasteiger partial charge on any atom is 0.238 e. The van der Waals surface area contributed by atoms with Crippen LogP contribution in [0.15, 0.2) is 36.5 Å². The average Bonchev–Trinajstić information content (AvgIpc) is 2.51. The Kier molecular flexibility index (Phi) is 2.23. The van der Waals surface area contributed by atoms with Gasteiger partial charge >= 0.3 is 0 Å². The lowest BCUT2D eigenvalue weighted by Crippen LogP contribution is -1.89. The molecule has 0 aliphatic carbocycles. The molecule has 14 heavy (non-hydrogen) atoms. The lowest BCUT2D eigenvalue weighted by molar-refractivity contribution is 0.454. The standard InChI is InChI=1S/C11H12N2O/c1-9-4-3-5-10(8-9)14-11-6-7-13(2)12-11/h3-8H,1-2H3. The largest absolute Gasteiger partial charge is 0.438 e. The molecule has 1 aromatic heterocycles. The molecule has 0 fully saturated rings. The van der Waals surface area contributed by atoms with Crippen molar-refractivity contribution in [2.75, 3.05) is 0 Å². The maximum absolute atomic E-state index is 5.55. The van der Waals surface area contributed by atoms with Crippen molar-refractivity contribution in [3.05, 3.63) is 42.1 Å². The molecule has 0 unspecified atom stereocenters. The molecule has 0 saturated heterocycles. The van der Waals surface area contributed by atoms with E-state index in [0.717, 1.165) is 5.75 Å². The molecule has 0 amide bonds. The van der Waals surface area contributed by atoms with Crippen molar-refractivity contribution in [1.82, 2.24) is 9.78 Å². The molecule has 0 atom stereocenters. The van der Waals surface area contributed by atoms with Crippen LogP contribution in [0.25, 0.3) is 0 Å². The molecule has 0 spiro atoms. The first kappa shape index (κ1) is 8.81. The van der Waals surface area contributed by atoms with E-state index >= 15 is 0 Å². The number of benzene rings is 1. The second-order valence-electron chi connectivity index (χ2n) is 3.25. The van der Waals surface area contributed by atoms with Crippen LogP contribution in [0.5, 0.6) is 11.6 Å². The highest BCUT2D eigenvalue weighted by molar-refractivity contribution is 5.30. The quantitative estimate of drug-likeness (QED) is 0.724. The van der Waals surface area contributed by atoms with Crippen LogP contribution in [0.3, 0.4) is 0 Å². The molecule has 3 heteroatoms. The lowest BCUT2D eigenvalue weighted by atomic mass is 10.2. The van der Waals surface area contributed by atoms with Gasteiger partial charge in [-0.3, -0.25) is 4.68 Å². The Bertz CT molecular complexity index is 434. The third kappa shape index (κ3) is 1.93. The summed E-state index contributed by atoms with van der Waals surface area (Å²) in [5.74, 6) is 1.45. The first-order valence-electron chi connectivity index (χ1n) is 4.48. The van der Waals surface area contributed by atoms with E-state index in [4.69, 9.17) is 4.74 Å². The zero-order valence-electron chi connectivity index (χ0n) is 8.27. The smallest absolute Gasteiger partial charge is 0.238 e. The summed E-state index contributed by atoms with van der Waals surface area (Å²) in [5.41, 5.74) is 1.18. The van der Waals surface area contributed by atoms with Crippen LogP contribution in [-0.2, 0) is 7.05 Å². The fourth-order valence-corrected chi connectivity index (χ4v) is 1.25. The van der Waals surface area contributed by atoms with Gasteiger partial charge in [0.1, 0.15) is 5.75 Å². The normalized spacial score (nSPS) is 10.1. The van der Waals surface area contributed by atoms with Gasteiger partial charge in [-0.1, -0.05) is 12.1 Å². The lowest BCUT2D eigenvalue weighted by Gasteiger charge is -2.01. The van der Waals surface area contributed by atoms with Crippen LogP contribution in [0.4, 0.5) is 0 Å². The summed E-state index contributed by atoms with van der Waals surface area (Å²) in [7, 11) is 1.86. The van der Waals surface area contributed by atoms with Crippen LogP contribution >= 0.6 is 0 Å². The predicted octanol–water partition coefficient (Wildman–Crippen LogP) is 2.52. The predicted molar refractivity (Wildman–Crippen MR) is 54.5 cm³/mol. The molecule has 2 rings (SSSR count). The number of ether oxygens (including phenoxy) is 1. The second kappa shape index (κ2) is 3.54. The summed E-state index contributed by atoms with van der Waals surface area (Å²) in [4.78, 5) is 0. The molecule has 1 aromatic carbocycles. The van der Waals surface area contributed by atoms with Crippen molar-refractivity contribution in [2.24, 2.45) is 7.05 Å². The highest BCUT2D eigenvalue weighted by Crippen LogP contribution is 2.19. The second-order valence-corrected chi connectivity index (χ2v) is 3.25. The third-order valence-corrected chi connectivity index (χ3v) is 1.90. The molecule has 0 N–H and O–H groups in total. The number of nitrogens with zero attached hydrogens (tertiary/aromatic N) is 2. The van der Waals surface area contributed by atoms with Gasteiger partial charge in [0.05, 0.1) is 0 Å². The molecular formula is C11H12N2O. The van der Waals surface area contributed by atoms with Crippen LogP contribution in [0, 0.1) is 6.92 Å². The minimum absolute atomic E-state index is 0.623. The third-order valence-electron chi connectivity index (χ3n) is 1.90. The van der Waals surface area contributed by atoms with Crippen LogP contribution < -0.4 is 4.74 Å². The maximum atomic E-state index is 5.55. The molecule has 0 aliphatic rings. The Hall–Kier alpha value is -1.77. The van der Waals surface area contributed by atoms with E-state index in [0.29, 0.717) is 5.88 Å². The van der Waals surface area contributed by atoms with Crippen molar-refractivity contribution in [3.8, 4) is 11.6 Å². The Labute approximate surface area is 82.9 Å². The van der Waals surface area contributed by atoms with Gasteiger partial charge < -0.3 is 4.74 Å². The molecule has 0 bridgehead atoms. The molecule has 0 radical (unpaired) electrons. The van der Waals surface area contributed by atoms with Crippen LogP contribution in [0.2, 0.25) is 0 Å². The number of aryl methyl sites for hydroxylation is 2. The van der Waals surface area contributed by atoms with E-state index in [1.807, 2.05) is 50.5 Å². The molecular weight excluding hydrogens is 176 g/mol. The van der Waals surface area contributed by atoms with Gasteiger partial charge in [0.2, 0.25) is 5.88 Å². The van der Waals surface area contributed by atoms with Crippen molar-refractivity contribution >= 4 is 0 Å². The Morgan fingerprint density at radius 2 is 2.14 bits per heavy atom. The summed E-state index contributed by atoms with van der Waals surface area (Å²) in [6, 6.07) is 9.73. The first-order valence-corrected chi connectivity index (χ1v) is 4.48. The number of hydrogen-bond donors (Lipinski definition) is 0. The van der Waals surface area contributed by atoms with Crippen molar-refractivity contribution in [2.45, 2.75) is 6.92 Å². The zero-order valence-corrected chi connectivity index (χ0v) is 8.27. The zero-order chi connectivity index (χ0) is 9.97. The van der Waals surface area contributed by atoms with Gasteiger partial charge in [0.15, 0.2) is 0 Å². The average molecular weight is 188 g/mol. The fraction of sp³-hybridized carbons (Fsp3) is 0.182. The van der Waals surface area contributed by atoms with Crippen molar-refractivity contribution < 1.29 is 4.74 Å². The van der Waals surface area contributed by atoms with E-state index < -0.39 is 0 Å². The summed E-state index contributed by atoms with van der Waals surface area (Å²) in [5, 5.41) is 4.13. The Morgan fingerprint density at radius 1 is 1.29 bits per heavy atom. The van der Waals surface area contributed by atoms with E-state index in [1.165, 1.54) is 5.56 Å². The molecule has 2 aromatic rings. The molecule has 3 nitrogen and oxygen atoms in total. The summed E-state index contributed by atoms with van der Waals surface area (Å²) < 4.78 is 7.26. The summed E-state index contributed by atoms with van der Waals surface area (Å²) in [6.45, 7) is 2.03. The van der Waals surface area contributed by atoms with Gasteiger partial charge in [-0.15, -0.1) is 5.10 Å².